The number of hydrogen-bond acceptors (Lipinski definition) is 7. The van der Waals surface area contributed by atoms with Gasteiger partial charge in [-0.1, -0.05) is 13.8 Å². The Balaban J connectivity index is 1.96. The van der Waals surface area contributed by atoms with E-state index >= 15 is 0 Å². The minimum Gasteiger partial charge on any atom is -0.382 e. The van der Waals surface area contributed by atoms with E-state index in [1.807, 2.05) is 13.8 Å². The van der Waals surface area contributed by atoms with Crippen molar-refractivity contribution < 1.29 is 4.79 Å². The summed E-state index contributed by atoms with van der Waals surface area (Å²) in [6.45, 7) is 3.58. The first-order valence-corrected chi connectivity index (χ1v) is 7.28. The zero-order chi connectivity index (χ0) is 17.3. The molecule has 3 aromatic rings. The van der Waals surface area contributed by atoms with E-state index < -0.39 is 11.5 Å². The Morgan fingerprint density at radius 1 is 1.38 bits per heavy atom. The van der Waals surface area contributed by atoms with Gasteiger partial charge in [-0.3, -0.25) is 9.59 Å². The van der Waals surface area contributed by atoms with E-state index in [1.54, 1.807) is 6.07 Å². The fourth-order valence-electron chi connectivity index (χ4n) is 2.22. The van der Waals surface area contributed by atoms with Crippen LogP contribution >= 0.6 is 0 Å². The molecule has 3 rings (SSSR count). The molecule has 10 nitrogen and oxygen atoms in total. The highest BCUT2D eigenvalue weighted by Crippen LogP contribution is 2.13. The Bertz CT molecular complexity index is 945. The SMILES string of the molecule is CC(C)c1nn(CC(=O)Nc2ccncn2)c(=O)c2cc(N)nn12. The molecule has 3 heterocycles. The van der Waals surface area contributed by atoms with Crippen LogP contribution in [0.3, 0.4) is 0 Å². The number of carbonyl (C=O) groups excluding carboxylic acids is 1. The summed E-state index contributed by atoms with van der Waals surface area (Å²) in [6.07, 6.45) is 2.82. The van der Waals surface area contributed by atoms with E-state index in [9.17, 15) is 9.59 Å². The first-order valence-electron chi connectivity index (χ1n) is 7.28. The summed E-state index contributed by atoms with van der Waals surface area (Å²) < 4.78 is 2.52. The number of aromatic nitrogens is 6. The molecule has 0 atom stereocenters. The lowest BCUT2D eigenvalue weighted by Gasteiger charge is -2.11. The standard InChI is InChI=1S/C14H16N8O2/c1-8(2)13-20-21(14(24)9-5-10(15)19-22(9)13)6-12(23)18-11-3-4-16-7-17-11/h3-5,7-8H,6H2,1-2H3,(H2,15,19)(H,16,17,18,23). The van der Waals surface area contributed by atoms with Gasteiger partial charge in [-0.05, 0) is 6.07 Å². The Morgan fingerprint density at radius 3 is 2.83 bits per heavy atom. The third kappa shape index (κ3) is 2.93. The predicted molar refractivity (Wildman–Crippen MR) is 86.4 cm³/mol. The van der Waals surface area contributed by atoms with Gasteiger partial charge in [-0.2, -0.15) is 5.10 Å². The van der Waals surface area contributed by atoms with Crippen molar-refractivity contribution in [3.8, 4) is 0 Å². The normalized spacial score (nSPS) is 11.1. The molecule has 3 aromatic heterocycles. The van der Waals surface area contributed by atoms with Crippen LogP contribution in [0.4, 0.5) is 11.6 Å². The number of nitrogen functional groups attached to an aromatic ring is 1. The number of rotatable bonds is 4. The van der Waals surface area contributed by atoms with Crippen molar-refractivity contribution in [3.63, 3.8) is 0 Å². The van der Waals surface area contributed by atoms with Gasteiger partial charge in [0.25, 0.3) is 5.56 Å². The Hall–Kier alpha value is -3.30. The fraction of sp³-hybridized carbons (Fsp3) is 0.286. The van der Waals surface area contributed by atoms with E-state index in [0.29, 0.717) is 11.6 Å². The highest BCUT2D eigenvalue weighted by Gasteiger charge is 2.17. The van der Waals surface area contributed by atoms with Crippen LogP contribution in [0.1, 0.15) is 25.6 Å². The lowest BCUT2D eigenvalue weighted by Crippen LogP contribution is -2.32. The van der Waals surface area contributed by atoms with Crippen LogP contribution in [0, 0.1) is 0 Å². The molecule has 0 fully saturated rings. The van der Waals surface area contributed by atoms with E-state index in [2.05, 4.69) is 25.5 Å². The lowest BCUT2D eigenvalue weighted by molar-refractivity contribution is -0.117. The van der Waals surface area contributed by atoms with Gasteiger partial charge >= 0.3 is 0 Å². The van der Waals surface area contributed by atoms with Gasteiger partial charge < -0.3 is 11.1 Å². The molecule has 3 N–H and O–H groups in total. The average Bonchev–Trinajstić information content (AvgIpc) is 2.92. The zero-order valence-corrected chi connectivity index (χ0v) is 13.2. The first kappa shape index (κ1) is 15.6. The summed E-state index contributed by atoms with van der Waals surface area (Å²) in [6, 6.07) is 3.02. The molecule has 0 bridgehead atoms. The molecule has 0 saturated carbocycles. The smallest absolute Gasteiger partial charge is 0.293 e. The Kier molecular flexibility index (Phi) is 3.94. The number of nitrogens with two attached hydrogens (primary N) is 1. The summed E-state index contributed by atoms with van der Waals surface area (Å²) >= 11 is 0. The van der Waals surface area contributed by atoms with Gasteiger partial charge in [0.15, 0.2) is 5.82 Å². The van der Waals surface area contributed by atoms with Crippen LogP contribution in [-0.4, -0.2) is 35.3 Å². The van der Waals surface area contributed by atoms with Gasteiger partial charge in [0.05, 0.1) is 0 Å². The Morgan fingerprint density at radius 2 is 2.17 bits per heavy atom. The Labute approximate surface area is 136 Å². The van der Waals surface area contributed by atoms with Crippen molar-refractivity contribution in [1.29, 1.82) is 0 Å². The summed E-state index contributed by atoms with van der Waals surface area (Å²) in [5.41, 5.74) is 5.52. The van der Waals surface area contributed by atoms with Crippen LogP contribution in [-0.2, 0) is 11.3 Å². The number of hydrogen-bond donors (Lipinski definition) is 2. The minimum absolute atomic E-state index is 0.0106. The number of amides is 1. The highest BCUT2D eigenvalue weighted by atomic mass is 16.2. The van der Waals surface area contributed by atoms with Crippen molar-refractivity contribution in [2.45, 2.75) is 26.3 Å². The van der Waals surface area contributed by atoms with E-state index in [0.717, 1.165) is 4.68 Å². The number of nitrogens with zero attached hydrogens (tertiary/aromatic N) is 6. The second-order valence-electron chi connectivity index (χ2n) is 5.48. The predicted octanol–water partition coefficient (Wildman–Crippen LogP) is 0.0253. The third-order valence-corrected chi connectivity index (χ3v) is 3.28. The fourth-order valence-corrected chi connectivity index (χ4v) is 2.22. The van der Waals surface area contributed by atoms with Crippen molar-refractivity contribution >= 4 is 23.1 Å². The van der Waals surface area contributed by atoms with Crippen LogP contribution in [0.5, 0.6) is 0 Å². The monoisotopic (exact) mass is 328 g/mol. The first-order chi connectivity index (χ1) is 11.5. The molecule has 0 aliphatic carbocycles. The molecular formula is C14H16N8O2. The second-order valence-corrected chi connectivity index (χ2v) is 5.48. The summed E-state index contributed by atoms with van der Waals surface area (Å²) in [5, 5.41) is 10.9. The molecule has 0 unspecified atom stereocenters. The maximum atomic E-state index is 12.5. The molecule has 0 saturated heterocycles. The van der Waals surface area contributed by atoms with Crippen LogP contribution in [0.25, 0.3) is 5.52 Å². The largest absolute Gasteiger partial charge is 0.382 e. The van der Waals surface area contributed by atoms with E-state index in [-0.39, 0.29) is 23.8 Å². The number of anilines is 2. The highest BCUT2D eigenvalue weighted by molar-refractivity contribution is 5.89. The van der Waals surface area contributed by atoms with Crippen molar-refractivity contribution in [2.24, 2.45) is 0 Å². The maximum Gasteiger partial charge on any atom is 0.293 e. The quantitative estimate of drug-likeness (QED) is 0.690. The van der Waals surface area contributed by atoms with Gasteiger partial charge in [-0.25, -0.2) is 19.2 Å². The van der Waals surface area contributed by atoms with Gasteiger partial charge in [0, 0.05) is 18.2 Å². The molecule has 1 amide bonds. The molecular weight excluding hydrogens is 312 g/mol. The number of nitrogens with one attached hydrogen (secondary N) is 1. The molecule has 24 heavy (non-hydrogen) atoms. The van der Waals surface area contributed by atoms with Gasteiger partial charge in [0.1, 0.15) is 30.0 Å². The van der Waals surface area contributed by atoms with E-state index in [4.69, 9.17) is 5.73 Å². The summed E-state index contributed by atoms with van der Waals surface area (Å²) in [7, 11) is 0. The minimum atomic E-state index is -0.443. The summed E-state index contributed by atoms with van der Waals surface area (Å²) in [4.78, 5) is 32.3. The third-order valence-electron chi connectivity index (χ3n) is 3.28. The van der Waals surface area contributed by atoms with Crippen molar-refractivity contribution in [1.82, 2.24) is 29.4 Å². The zero-order valence-electron chi connectivity index (χ0n) is 13.2. The van der Waals surface area contributed by atoms with Crippen LogP contribution in [0.2, 0.25) is 0 Å². The average molecular weight is 328 g/mol. The molecule has 0 radical (unpaired) electrons. The van der Waals surface area contributed by atoms with Crippen LogP contribution in [0.15, 0.2) is 29.5 Å². The van der Waals surface area contributed by atoms with Gasteiger partial charge in [-0.15, -0.1) is 5.10 Å². The topological polar surface area (TPSA) is 133 Å². The lowest BCUT2D eigenvalue weighted by atomic mass is 10.2. The van der Waals surface area contributed by atoms with Crippen molar-refractivity contribution in [3.05, 3.63) is 40.8 Å². The van der Waals surface area contributed by atoms with E-state index in [1.165, 1.54) is 23.1 Å². The molecule has 0 aromatic carbocycles. The van der Waals surface area contributed by atoms with Crippen molar-refractivity contribution in [2.75, 3.05) is 11.1 Å². The molecule has 0 aliphatic heterocycles. The number of carbonyl (C=O) groups is 1. The maximum absolute atomic E-state index is 12.5. The number of fused-ring (bicyclic) bond motifs is 1. The van der Waals surface area contributed by atoms with Gasteiger partial charge in [0.2, 0.25) is 5.91 Å². The molecule has 0 aliphatic rings. The second kappa shape index (κ2) is 6.07. The molecule has 0 spiro atoms. The molecule has 10 heteroatoms. The summed E-state index contributed by atoms with van der Waals surface area (Å²) in [5.74, 6) is 0.676. The molecule has 124 valence electrons. The van der Waals surface area contributed by atoms with Crippen LogP contribution < -0.4 is 16.6 Å².